The van der Waals surface area contributed by atoms with E-state index in [9.17, 15) is 8.78 Å². The Hall–Kier alpha value is -0.0501. The Morgan fingerprint density at radius 3 is 2.19 bits per heavy atom. The summed E-state index contributed by atoms with van der Waals surface area (Å²) >= 11 is 0. The van der Waals surface area contributed by atoms with Gasteiger partial charge in [-0.2, -0.15) is 0 Å². The Morgan fingerprint density at radius 2 is 1.81 bits per heavy atom. The molecule has 0 aromatic rings. The lowest BCUT2D eigenvalue weighted by Crippen LogP contribution is -2.34. The first-order chi connectivity index (χ1) is 9.55. The largest absolute Gasteiger partial charge is 0.384 e. The predicted molar refractivity (Wildman–Crippen MR) is 85.2 cm³/mol. The SMILES string of the molecule is [B]C([B])(CCCC)CC(C)(COC)CC1(CC)CC1(F)F. The van der Waals surface area contributed by atoms with Crippen molar-refractivity contribution in [3.05, 3.63) is 0 Å². The molecule has 0 N–H and O–H groups in total. The highest BCUT2D eigenvalue weighted by Gasteiger charge is 2.70. The van der Waals surface area contributed by atoms with Gasteiger partial charge in [0.15, 0.2) is 0 Å². The summed E-state index contributed by atoms with van der Waals surface area (Å²) in [6.07, 6.45) is 4.06. The first-order valence-corrected chi connectivity index (χ1v) is 8.00. The highest BCUT2D eigenvalue weighted by atomic mass is 19.3. The molecular formula is C16H28B2F2O. The average molecular weight is 296 g/mol. The van der Waals surface area contributed by atoms with E-state index in [0.717, 1.165) is 12.8 Å². The third-order valence-corrected chi connectivity index (χ3v) is 4.90. The third-order valence-electron chi connectivity index (χ3n) is 4.90. The number of hydrogen-bond acceptors (Lipinski definition) is 1. The topological polar surface area (TPSA) is 9.23 Å². The van der Waals surface area contributed by atoms with Crippen molar-refractivity contribution < 1.29 is 13.5 Å². The molecule has 0 bridgehead atoms. The Bertz CT molecular complexity index is 349. The molecule has 4 radical (unpaired) electrons. The molecule has 1 rings (SSSR count). The van der Waals surface area contributed by atoms with Gasteiger partial charge in [-0.3, -0.25) is 0 Å². The van der Waals surface area contributed by atoms with E-state index in [2.05, 4.69) is 6.92 Å². The lowest BCUT2D eigenvalue weighted by Gasteiger charge is -2.40. The number of unbranched alkanes of at least 4 members (excludes halogenated alkanes) is 1. The van der Waals surface area contributed by atoms with E-state index in [1.54, 1.807) is 7.11 Å². The van der Waals surface area contributed by atoms with Crippen molar-refractivity contribution in [2.45, 2.75) is 76.9 Å². The summed E-state index contributed by atoms with van der Waals surface area (Å²) in [6.45, 7) is 6.31. The monoisotopic (exact) mass is 296 g/mol. The lowest BCUT2D eigenvalue weighted by molar-refractivity contribution is 0.00850. The van der Waals surface area contributed by atoms with Crippen LogP contribution in [0.4, 0.5) is 8.78 Å². The van der Waals surface area contributed by atoms with Crippen LogP contribution in [0.2, 0.25) is 5.21 Å². The van der Waals surface area contributed by atoms with Crippen LogP contribution in [0, 0.1) is 10.8 Å². The maximum atomic E-state index is 13.8. The summed E-state index contributed by atoms with van der Waals surface area (Å²) in [5, 5.41) is -0.817. The molecular weight excluding hydrogens is 268 g/mol. The summed E-state index contributed by atoms with van der Waals surface area (Å²) in [5.74, 6) is -2.55. The van der Waals surface area contributed by atoms with Crippen molar-refractivity contribution >= 4 is 15.7 Å². The van der Waals surface area contributed by atoms with Crippen molar-refractivity contribution in [3.8, 4) is 0 Å². The van der Waals surface area contributed by atoms with Crippen LogP contribution < -0.4 is 0 Å². The fraction of sp³-hybridized carbons (Fsp3) is 1.00. The fourth-order valence-corrected chi connectivity index (χ4v) is 3.80. The average Bonchev–Trinajstić information content (AvgIpc) is 2.87. The van der Waals surface area contributed by atoms with Gasteiger partial charge in [0.2, 0.25) is 0 Å². The van der Waals surface area contributed by atoms with E-state index < -0.39 is 22.0 Å². The van der Waals surface area contributed by atoms with Crippen molar-refractivity contribution in [1.82, 2.24) is 0 Å². The Morgan fingerprint density at radius 1 is 1.24 bits per heavy atom. The standard InChI is InChI=1S/C16H28B2F2O/c1-5-7-8-15(17,18)10-13(3,12-21-4)9-14(6-2)11-16(14,19)20/h5-12H2,1-4H3. The molecule has 0 amide bonds. The number of alkyl halides is 2. The van der Waals surface area contributed by atoms with Crippen LogP contribution in [-0.2, 0) is 4.74 Å². The van der Waals surface area contributed by atoms with Gasteiger partial charge in [0.25, 0.3) is 5.92 Å². The molecule has 1 saturated carbocycles. The van der Waals surface area contributed by atoms with Crippen LogP contribution >= 0.6 is 0 Å². The molecule has 2 atom stereocenters. The molecule has 0 saturated heterocycles. The first-order valence-electron chi connectivity index (χ1n) is 8.00. The van der Waals surface area contributed by atoms with Crippen molar-refractivity contribution in [1.29, 1.82) is 0 Å². The lowest BCUT2D eigenvalue weighted by atomic mass is 9.46. The molecule has 1 fully saturated rings. The maximum Gasteiger partial charge on any atom is 0.254 e. The number of halogens is 2. The number of hydrogen-bond donors (Lipinski definition) is 0. The van der Waals surface area contributed by atoms with E-state index in [-0.39, 0.29) is 6.42 Å². The summed E-state index contributed by atoms with van der Waals surface area (Å²) in [5.41, 5.74) is -1.30. The zero-order valence-electron chi connectivity index (χ0n) is 14.0. The smallest absolute Gasteiger partial charge is 0.254 e. The molecule has 1 aliphatic rings. The van der Waals surface area contributed by atoms with Crippen molar-refractivity contribution in [2.24, 2.45) is 10.8 Å². The van der Waals surface area contributed by atoms with Crippen molar-refractivity contribution in [2.75, 3.05) is 13.7 Å². The summed E-state index contributed by atoms with van der Waals surface area (Å²) < 4.78 is 32.8. The fourth-order valence-electron chi connectivity index (χ4n) is 3.80. The van der Waals surface area contributed by atoms with Crippen LogP contribution in [-0.4, -0.2) is 35.3 Å². The van der Waals surface area contributed by atoms with Crippen LogP contribution in [0.5, 0.6) is 0 Å². The molecule has 1 aliphatic carbocycles. The Kier molecular flexibility index (Phi) is 5.97. The van der Waals surface area contributed by atoms with E-state index in [4.69, 9.17) is 20.4 Å². The highest BCUT2D eigenvalue weighted by Crippen LogP contribution is 2.67. The van der Waals surface area contributed by atoms with E-state index in [1.165, 1.54) is 0 Å². The molecule has 0 aromatic carbocycles. The number of methoxy groups -OCH3 is 1. The van der Waals surface area contributed by atoms with Crippen LogP contribution in [0.3, 0.4) is 0 Å². The van der Waals surface area contributed by atoms with E-state index >= 15 is 0 Å². The van der Waals surface area contributed by atoms with Crippen molar-refractivity contribution in [3.63, 3.8) is 0 Å². The molecule has 118 valence electrons. The molecule has 0 heterocycles. The molecule has 2 unspecified atom stereocenters. The van der Waals surface area contributed by atoms with Gasteiger partial charge < -0.3 is 4.74 Å². The quantitative estimate of drug-likeness (QED) is 0.539. The molecule has 1 nitrogen and oxygen atoms in total. The zero-order chi connectivity index (χ0) is 16.4. The van der Waals surface area contributed by atoms with Gasteiger partial charge >= 0.3 is 0 Å². The Labute approximate surface area is 131 Å². The van der Waals surface area contributed by atoms with Gasteiger partial charge in [0.1, 0.15) is 0 Å². The van der Waals surface area contributed by atoms with Gasteiger partial charge in [-0.25, -0.2) is 8.78 Å². The normalized spacial score (nSPS) is 27.3. The minimum atomic E-state index is -2.55. The minimum Gasteiger partial charge on any atom is -0.384 e. The summed E-state index contributed by atoms with van der Waals surface area (Å²) in [6, 6.07) is 0. The molecule has 0 aliphatic heterocycles. The summed E-state index contributed by atoms with van der Waals surface area (Å²) in [4.78, 5) is 0. The van der Waals surface area contributed by atoms with E-state index in [1.807, 2.05) is 13.8 Å². The highest BCUT2D eigenvalue weighted by molar-refractivity contribution is 6.39. The van der Waals surface area contributed by atoms with Crippen LogP contribution in [0.15, 0.2) is 0 Å². The van der Waals surface area contributed by atoms with Gasteiger partial charge in [-0.15, -0.1) is 0 Å². The second-order valence-electron chi connectivity index (χ2n) is 7.45. The molecule has 21 heavy (non-hydrogen) atoms. The van der Waals surface area contributed by atoms with Crippen LogP contribution in [0.25, 0.3) is 0 Å². The molecule has 0 aromatic heterocycles. The third kappa shape index (κ3) is 4.71. The first kappa shape index (κ1) is 19.0. The van der Waals surface area contributed by atoms with Gasteiger partial charge in [0.05, 0.1) is 22.3 Å². The van der Waals surface area contributed by atoms with Gasteiger partial charge in [-0.05, 0) is 18.3 Å². The second-order valence-corrected chi connectivity index (χ2v) is 7.45. The Balaban J connectivity index is 2.79. The number of rotatable bonds is 10. The minimum absolute atomic E-state index is 0.0209. The van der Waals surface area contributed by atoms with Crippen LogP contribution in [0.1, 0.15) is 65.7 Å². The zero-order valence-corrected chi connectivity index (χ0v) is 14.0. The molecule has 0 spiro atoms. The predicted octanol–water partition coefficient (Wildman–Crippen LogP) is 4.50. The van der Waals surface area contributed by atoms with Gasteiger partial charge in [0, 0.05) is 18.9 Å². The molecule has 5 heteroatoms. The van der Waals surface area contributed by atoms with E-state index in [0.29, 0.717) is 32.3 Å². The van der Waals surface area contributed by atoms with Gasteiger partial charge in [-0.1, -0.05) is 51.7 Å². The maximum absolute atomic E-state index is 13.8. The number of ether oxygens (including phenoxy) is 1. The summed E-state index contributed by atoms with van der Waals surface area (Å²) in [7, 11) is 14.0. The second kappa shape index (κ2) is 6.60.